The number of hydrogen-bond donors (Lipinski definition) is 2. The Labute approximate surface area is 239 Å². The SMILES string of the molecule is CCOc1cc(C=NNC(=O)CCCCCNC(=O)c2ccccc2)ccc1OC(=O)c1ccc(OC)c(OC)c1. The molecule has 0 radical (unpaired) electrons. The van der Waals surface area contributed by atoms with Crippen LogP contribution in [0.15, 0.2) is 71.8 Å². The molecule has 41 heavy (non-hydrogen) atoms. The summed E-state index contributed by atoms with van der Waals surface area (Å²) >= 11 is 0. The van der Waals surface area contributed by atoms with Gasteiger partial charge in [-0.2, -0.15) is 5.10 Å². The lowest BCUT2D eigenvalue weighted by molar-refractivity contribution is -0.121. The van der Waals surface area contributed by atoms with E-state index in [9.17, 15) is 14.4 Å². The highest BCUT2D eigenvalue weighted by Crippen LogP contribution is 2.31. The smallest absolute Gasteiger partial charge is 0.343 e. The first-order valence-electron chi connectivity index (χ1n) is 13.3. The average Bonchev–Trinajstić information content (AvgIpc) is 3.00. The minimum atomic E-state index is -0.584. The lowest BCUT2D eigenvalue weighted by Crippen LogP contribution is -2.24. The van der Waals surface area contributed by atoms with E-state index in [1.54, 1.807) is 42.5 Å². The average molecular weight is 562 g/mol. The number of nitrogens with one attached hydrogen (secondary N) is 2. The molecule has 10 heteroatoms. The van der Waals surface area contributed by atoms with Gasteiger partial charge >= 0.3 is 5.97 Å². The second kappa shape index (κ2) is 16.3. The van der Waals surface area contributed by atoms with Gasteiger partial charge in [0, 0.05) is 18.5 Å². The van der Waals surface area contributed by atoms with Gasteiger partial charge in [-0.15, -0.1) is 0 Å². The molecular formula is C31H35N3O7. The number of nitrogens with zero attached hydrogens (tertiary/aromatic N) is 1. The first-order chi connectivity index (χ1) is 19.9. The summed E-state index contributed by atoms with van der Waals surface area (Å²) in [5.41, 5.74) is 4.08. The molecule has 0 aliphatic heterocycles. The first kappa shape index (κ1) is 30.7. The largest absolute Gasteiger partial charge is 0.493 e. The molecule has 0 heterocycles. The van der Waals surface area contributed by atoms with Crippen molar-refractivity contribution in [2.75, 3.05) is 27.4 Å². The Balaban J connectivity index is 1.45. The highest BCUT2D eigenvalue weighted by atomic mass is 16.6. The maximum Gasteiger partial charge on any atom is 0.343 e. The fraction of sp³-hybridized carbons (Fsp3) is 0.290. The fourth-order valence-electron chi connectivity index (χ4n) is 3.80. The summed E-state index contributed by atoms with van der Waals surface area (Å²) in [6, 6.07) is 18.7. The van der Waals surface area contributed by atoms with Gasteiger partial charge in [-0.1, -0.05) is 24.6 Å². The van der Waals surface area contributed by atoms with Gasteiger partial charge in [0.15, 0.2) is 23.0 Å². The van der Waals surface area contributed by atoms with Crippen LogP contribution >= 0.6 is 0 Å². The van der Waals surface area contributed by atoms with Crippen LogP contribution in [0.5, 0.6) is 23.0 Å². The molecule has 0 aliphatic rings. The van der Waals surface area contributed by atoms with Crippen molar-refractivity contribution in [2.45, 2.75) is 32.6 Å². The number of rotatable bonds is 15. The van der Waals surface area contributed by atoms with Crippen LogP contribution < -0.4 is 29.7 Å². The minimum Gasteiger partial charge on any atom is -0.493 e. The number of hydrogen-bond acceptors (Lipinski definition) is 8. The van der Waals surface area contributed by atoms with Gasteiger partial charge in [0.05, 0.1) is 32.6 Å². The van der Waals surface area contributed by atoms with E-state index in [4.69, 9.17) is 18.9 Å². The molecule has 2 amide bonds. The summed E-state index contributed by atoms with van der Waals surface area (Å²) < 4.78 is 21.7. The zero-order valence-electron chi connectivity index (χ0n) is 23.5. The van der Waals surface area contributed by atoms with E-state index < -0.39 is 5.97 Å². The number of unbranched alkanes of at least 4 members (excludes halogenated alkanes) is 2. The van der Waals surface area contributed by atoms with Crippen molar-refractivity contribution in [1.82, 2.24) is 10.7 Å². The summed E-state index contributed by atoms with van der Waals surface area (Å²) in [5.74, 6) is 0.615. The van der Waals surface area contributed by atoms with Crippen molar-refractivity contribution in [1.29, 1.82) is 0 Å². The molecule has 0 aromatic heterocycles. The van der Waals surface area contributed by atoms with Crippen LogP contribution in [0.25, 0.3) is 0 Å². The van der Waals surface area contributed by atoms with Crippen LogP contribution in [-0.2, 0) is 4.79 Å². The molecule has 0 atom stereocenters. The number of esters is 1. The fourth-order valence-corrected chi connectivity index (χ4v) is 3.80. The number of hydrazone groups is 1. The lowest BCUT2D eigenvalue weighted by atomic mass is 10.2. The van der Waals surface area contributed by atoms with Gasteiger partial charge in [-0.3, -0.25) is 9.59 Å². The van der Waals surface area contributed by atoms with E-state index >= 15 is 0 Å². The summed E-state index contributed by atoms with van der Waals surface area (Å²) in [4.78, 5) is 36.9. The van der Waals surface area contributed by atoms with Crippen molar-refractivity contribution >= 4 is 24.0 Å². The van der Waals surface area contributed by atoms with Crippen molar-refractivity contribution in [3.05, 3.63) is 83.4 Å². The number of methoxy groups -OCH3 is 2. The van der Waals surface area contributed by atoms with Gasteiger partial charge in [0.25, 0.3) is 5.91 Å². The standard InChI is InChI=1S/C31H35N3O7/c1-4-40-28-19-22(14-16-26(28)41-31(37)24-15-17-25(38-2)27(20-24)39-3)21-33-34-29(35)13-9-6-10-18-32-30(36)23-11-7-5-8-12-23/h5,7-8,11-12,14-17,19-21H,4,6,9-10,13,18H2,1-3H3,(H,32,36)(H,34,35). The predicted molar refractivity (Wildman–Crippen MR) is 155 cm³/mol. The molecule has 0 bridgehead atoms. The van der Waals surface area contributed by atoms with E-state index in [2.05, 4.69) is 15.8 Å². The van der Waals surface area contributed by atoms with Gasteiger partial charge in [0.2, 0.25) is 5.91 Å². The number of amides is 2. The zero-order chi connectivity index (χ0) is 29.5. The Hall–Kier alpha value is -4.86. The third-order valence-corrected chi connectivity index (χ3v) is 5.89. The van der Waals surface area contributed by atoms with Crippen molar-refractivity contribution in [2.24, 2.45) is 5.10 Å². The Morgan fingerprint density at radius 3 is 2.29 bits per heavy atom. The van der Waals surface area contributed by atoms with Crippen molar-refractivity contribution in [3.8, 4) is 23.0 Å². The van der Waals surface area contributed by atoms with Crippen LogP contribution in [0.3, 0.4) is 0 Å². The number of carbonyl (C=O) groups is 3. The molecule has 3 aromatic rings. The second-order valence-corrected chi connectivity index (χ2v) is 8.82. The molecule has 10 nitrogen and oxygen atoms in total. The zero-order valence-corrected chi connectivity index (χ0v) is 23.5. The molecule has 2 N–H and O–H groups in total. The van der Waals surface area contributed by atoms with Crippen molar-refractivity contribution in [3.63, 3.8) is 0 Å². The molecule has 0 unspecified atom stereocenters. The number of benzene rings is 3. The normalized spacial score (nSPS) is 10.6. The van der Waals surface area contributed by atoms with Gasteiger partial charge in [0.1, 0.15) is 0 Å². The topological polar surface area (TPSA) is 125 Å². The summed E-state index contributed by atoms with van der Waals surface area (Å²) in [6.45, 7) is 2.72. The molecular weight excluding hydrogens is 526 g/mol. The van der Waals surface area contributed by atoms with Gasteiger partial charge < -0.3 is 24.3 Å². The molecule has 0 aliphatic carbocycles. The van der Waals surface area contributed by atoms with Gasteiger partial charge in [-0.05, 0) is 73.9 Å². The Kier molecular flexibility index (Phi) is 12.2. The molecule has 216 valence electrons. The first-order valence-corrected chi connectivity index (χ1v) is 13.3. The maximum absolute atomic E-state index is 12.7. The Bertz CT molecular complexity index is 1340. The molecule has 3 aromatic carbocycles. The molecule has 0 spiro atoms. The highest BCUT2D eigenvalue weighted by Gasteiger charge is 2.16. The van der Waals surface area contributed by atoms with Crippen LogP contribution in [0, 0.1) is 0 Å². The lowest BCUT2D eigenvalue weighted by Gasteiger charge is -2.12. The van der Waals surface area contributed by atoms with E-state index in [0.29, 0.717) is 54.4 Å². The quantitative estimate of drug-likeness (QED) is 0.0901. The summed E-state index contributed by atoms with van der Waals surface area (Å²) in [6.07, 6.45) is 4.06. The second-order valence-electron chi connectivity index (χ2n) is 8.82. The Morgan fingerprint density at radius 1 is 0.805 bits per heavy atom. The summed E-state index contributed by atoms with van der Waals surface area (Å²) in [7, 11) is 3.00. The number of carbonyl (C=O) groups excluding carboxylic acids is 3. The van der Waals surface area contributed by atoms with Crippen molar-refractivity contribution < 1.29 is 33.3 Å². The van der Waals surface area contributed by atoms with E-state index in [1.165, 1.54) is 26.5 Å². The number of ether oxygens (including phenoxy) is 4. The predicted octanol–water partition coefficient (Wildman–Crippen LogP) is 4.76. The van der Waals surface area contributed by atoms with E-state index in [1.807, 2.05) is 25.1 Å². The van der Waals surface area contributed by atoms with Crippen LogP contribution in [0.4, 0.5) is 0 Å². The maximum atomic E-state index is 12.7. The van der Waals surface area contributed by atoms with E-state index in [-0.39, 0.29) is 23.1 Å². The van der Waals surface area contributed by atoms with Crippen LogP contribution in [-0.4, -0.2) is 51.4 Å². The molecule has 0 saturated heterocycles. The molecule has 0 fully saturated rings. The minimum absolute atomic E-state index is 0.103. The van der Waals surface area contributed by atoms with Crippen LogP contribution in [0.1, 0.15) is 58.9 Å². The molecule has 0 saturated carbocycles. The van der Waals surface area contributed by atoms with Gasteiger partial charge in [-0.25, -0.2) is 10.2 Å². The molecule has 3 rings (SSSR count). The van der Waals surface area contributed by atoms with Crippen LogP contribution in [0.2, 0.25) is 0 Å². The monoisotopic (exact) mass is 561 g/mol. The highest BCUT2D eigenvalue weighted by molar-refractivity contribution is 5.94. The Morgan fingerprint density at radius 2 is 1.56 bits per heavy atom. The summed E-state index contributed by atoms with van der Waals surface area (Å²) in [5, 5.41) is 6.89. The third-order valence-electron chi connectivity index (χ3n) is 5.89. The third kappa shape index (κ3) is 9.68. The van der Waals surface area contributed by atoms with E-state index in [0.717, 1.165) is 12.8 Å².